The maximum atomic E-state index is 11.9. The van der Waals surface area contributed by atoms with Crippen LogP contribution in [-0.4, -0.2) is 90.9 Å². The number of amides is 4. The summed E-state index contributed by atoms with van der Waals surface area (Å²) in [6, 6.07) is 2.96. The lowest BCUT2D eigenvalue weighted by Gasteiger charge is -2.34. The fourth-order valence-corrected chi connectivity index (χ4v) is 3.61. The second-order valence-electron chi connectivity index (χ2n) is 11.3. The second-order valence-corrected chi connectivity index (χ2v) is 11.3. The zero-order valence-corrected chi connectivity index (χ0v) is 28.1. The van der Waals surface area contributed by atoms with Crippen LogP contribution < -0.4 is 30.3 Å². The smallest absolute Gasteiger partial charge is 0.412 e. The molecule has 16 nitrogen and oxygen atoms in total. The number of carbonyl (C=O) groups is 4. The van der Waals surface area contributed by atoms with Crippen molar-refractivity contribution in [3.05, 3.63) is 24.5 Å². The zero-order valence-electron chi connectivity index (χ0n) is 28.1. The maximum Gasteiger partial charge on any atom is 0.412 e. The standard InChI is InChI=1S/2C15H23N3O5/c1-6-23-11-8-16-12(17-13(19)9-22-5)7-10(11)18(14(20)21)15(2,3)4;1-6-22-11-8-16-12(18-13(19)9-21-5)7-10(11)17-14(20)23-15(2,3)4/h7-8H,6,9H2,1-5H3,(H,20,21)(H,16,17,19);7-8H,6,9H2,1-5H3,(H2,16,17,18,19,20). The highest BCUT2D eigenvalue weighted by Crippen LogP contribution is 2.34. The van der Waals surface area contributed by atoms with Crippen molar-refractivity contribution in [1.82, 2.24) is 9.97 Å². The van der Waals surface area contributed by atoms with Crippen molar-refractivity contribution < 1.29 is 48.0 Å². The molecule has 0 fully saturated rings. The Labute approximate surface area is 269 Å². The first-order chi connectivity index (χ1) is 21.4. The molecule has 0 radical (unpaired) electrons. The molecule has 2 aromatic heterocycles. The first-order valence-corrected chi connectivity index (χ1v) is 14.3. The van der Waals surface area contributed by atoms with Crippen LogP contribution in [0.5, 0.6) is 11.5 Å². The van der Waals surface area contributed by atoms with Crippen LogP contribution in [-0.2, 0) is 23.8 Å². The number of carboxylic acid groups (broad SMARTS) is 1. The van der Waals surface area contributed by atoms with E-state index in [0.29, 0.717) is 36.1 Å². The van der Waals surface area contributed by atoms with Gasteiger partial charge in [-0.3, -0.25) is 19.8 Å². The van der Waals surface area contributed by atoms with Crippen LogP contribution in [0.1, 0.15) is 55.4 Å². The third-order valence-electron chi connectivity index (χ3n) is 5.14. The van der Waals surface area contributed by atoms with E-state index < -0.39 is 23.3 Å². The number of hydrogen-bond acceptors (Lipinski definition) is 11. The second kappa shape index (κ2) is 18.3. The highest BCUT2D eigenvalue weighted by atomic mass is 16.6. The highest BCUT2D eigenvalue weighted by Gasteiger charge is 2.31. The molecule has 256 valence electrons. The van der Waals surface area contributed by atoms with Gasteiger partial charge in [0.05, 0.1) is 37.0 Å². The summed E-state index contributed by atoms with van der Waals surface area (Å²) in [5, 5.41) is 17.2. The molecule has 4 amide bonds. The van der Waals surface area contributed by atoms with Gasteiger partial charge in [0.15, 0.2) is 11.5 Å². The summed E-state index contributed by atoms with van der Waals surface area (Å²) in [6.45, 7) is 14.7. The van der Waals surface area contributed by atoms with Crippen molar-refractivity contribution >= 4 is 47.0 Å². The van der Waals surface area contributed by atoms with Crippen molar-refractivity contribution in [2.24, 2.45) is 0 Å². The van der Waals surface area contributed by atoms with E-state index in [1.807, 2.05) is 6.92 Å². The van der Waals surface area contributed by atoms with Crippen molar-refractivity contribution in [1.29, 1.82) is 0 Å². The molecule has 2 aromatic rings. The quantitative estimate of drug-likeness (QED) is 0.246. The molecule has 0 unspecified atom stereocenters. The molecule has 0 saturated carbocycles. The monoisotopic (exact) mass is 650 g/mol. The van der Waals surface area contributed by atoms with E-state index >= 15 is 0 Å². The van der Waals surface area contributed by atoms with Crippen LogP contribution in [0.2, 0.25) is 0 Å². The lowest BCUT2D eigenvalue weighted by molar-refractivity contribution is -0.120. The summed E-state index contributed by atoms with van der Waals surface area (Å²) in [4.78, 5) is 56.0. The Morgan fingerprint density at radius 3 is 1.70 bits per heavy atom. The SMILES string of the molecule is CCOc1cnc(NC(=O)COC)cc1N(C(=O)O)C(C)(C)C.CCOc1cnc(NC(=O)COC)cc1NC(=O)OC(C)(C)C. The van der Waals surface area contributed by atoms with Gasteiger partial charge in [0.2, 0.25) is 0 Å². The topological polar surface area (TPSA) is 200 Å². The Kier molecular flexibility index (Phi) is 15.7. The van der Waals surface area contributed by atoms with Crippen LogP contribution in [0.4, 0.5) is 32.6 Å². The summed E-state index contributed by atoms with van der Waals surface area (Å²) >= 11 is 0. The van der Waals surface area contributed by atoms with Gasteiger partial charge in [0.25, 0.3) is 11.8 Å². The van der Waals surface area contributed by atoms with Crippen LogP contribution >= 0.6 is 0 Å². The average Bonchev–Trinajstić information content (AvgIpc) is 2.90. The van der Waals surface area contributed by atoms with Crippen molar-refractivity contribution in [2.75, 3.05) is 61.5 Å². The number of nitrogens with one attached hydrogen (secondary N) is 3. The van der Waals surface area contributed by atoms with Crippen LogP contribution in [0.15, 0.2) is 24.5 Å². The van der Waals surface area contributed by atoms with Crippen LogP contribution in [0.3, 0.4) is 0 Å². The minimum atomic E-state index is -1.13. The van der Waals surface area contributed by atoms with E-state index in [4.69, 9.17) is 23.7 Å². The summed E-state index contributed by atoms with van der Waals surface area (Å²) in [5.74, 6) is 0.459. The summed E-state index contributed by atoms with van der Waals surface area (Å²) < 4.78 is 25.5. The van der Waals surface area contributed by atoms with Crippen LogP contribution in [0.25, 0.3) is 0 Å². The molecule has 0 aliphatic rings. The summed E-state index contributed by atoms with van der Waals surface area (Å²) in [7, 11) is 2.82. The molecule has 0 aliphatic heterocycles. The third-order valence-corrected chi connectivity index (χ3v) is 5.14. The normalized spacial score (nSPS) is 10.9. The number of ether oxygens (including phenoxy) is 5. The summed E-state index contributed by atoms with van der Waals surface area (Å²) in [6.07, 6.45) is 1.05. The van der Waals surface area contributed by atoms with Gasteiger partial charge in [-0.2, -0.15) is 0 Å². The van der Waals surface area contributed by atoms with E-state index in [9.17, 15) is 24.3 Å². The highest BCUT2D eigenvalue weighted by molar-refractivity contribution is 5.94. The predicted octanol–water partition coefficient (Wildman–Crippen LogP) is 4.76. The van der Waals surface area contributed by atoms with Crippen molar-refractivity contribution in [2.45, 2.75) is 66.5 Å². The molecule has 2 heterocycles. The number of anilines is 4. The Morgan fingerprint density at radius 2 is 1.26 bits per heavy atom. The first-order valence-electron chi connectivity index (χ1n) is 14.3. The van der Waals surface area contributed by atoms with Crippen molar-refractivity contribution in [3.63, 3.8) is 0 Å². The molecular weight excluding hydrogens is 604 g/mol. The first kappa shape index (κ1) is 39.3. The molecule has 16 heteroatoms. The summed E-state index contributed by atoms with van der Waals surface area (Å²) in [5.41, 5.74) is -0.663. The van der Waals surface area contributed by atoms with Gasteiger partial charge < -0.3 is 39.4 Å². The van der Waals surface area contributed by atoms with Gasteiger partial charge in [0, 0.05) is 31.9 Å². The van der Waals surface area contributed by atoms with Gasteiger partial charge >= 0.3 is 12.2 Å². The van der Waals surface area contributed by atoms with E-state index in [1.165, 1.54) is 43.6 Å². The molecule has 0 bridgehead atoms. The Bertz CT molecular complexity index is 1320. The molecule has 0 saturated heterocycles. The lowest BCUT2D eigenvalue weighted by atomic mass is 10.1. The molecular formula is C30H46N6O10. The van der Waals surface area contributed by atoms with E-state index in [-0.39, 0.29) is 36.7 Å². The number of pyridine rings is 2. The zero-order chi connectivity index (χ0) is 35.1. The molecule has 4 N–H and O–H groups in total. The molecule has 2 rings (SSSR count). The lowest BCUT2D eigenvalue weighted by Crippen LogP contribution is -2.45. The molecule has 0 aromatic carbocycles. The number of aromatic nitrogens is 2. The Morgan fingerprint density at radius 1 is 0.783 bits per heavy atom. The fourth-order valence-electron chi connectivity index (χ4n) is 3.61. The van der Waals surface area contributed by atoms with Crippen molar-refractivity contribution in [3.8, 4) is 11.5 Å². The Balaban J connectivity index is 0.000000460. The van der Waals surface area contributed by atoms with Crippen LogP contribution in [0, 0.1) is 0 Å². The number of carbonyl (C=O) groups excluding carboxylic acids is 3. The number of rotatable bonds is 12. The van der Waals surface area contributed by atoms with Gasteiger partial charge in [-0.25, -0.2) is 19.6 Å². The van der Waals surface area contributed by atoms with E-state index in [1.54, 1.807) is 48.5 Å². The molecule has 0 spiro atoms. The molecule has 0 aliphatic carbocycles. The Hall–Kier alpha value is -4.70. The predicted molar refractivity (Wildman–Crippen MR) is 172 cm³/mol. The molecule has 0 atom stereocenters. The maximum absolute atomic E-state index is 11.9. The van der Waals surface area contributed by atoms with Gasteiger partial charge in [-0.15, -0.1) is 0 Å². The van der Waals surface area contributed by atoms with Gasteiger partial charge in [-0.05, 0) is 55.4 Å². The van der Waals surface area contributed by atoms with E-state index in [2.05, 4.69) is 25.9 Å². The fraction of sp³-hybridized carbons (Fsp3) is 0.533. The van der Waals surface area contributed by atoms with Gasteiger partial charge in [-0.1, -0.05) is 0 Å². The largest absolute Gasteiger partial charge is 0.490 e. The average molecular weight is 651 g/mol. The third kappa shape index (κ3) is 13.9. The minimum Gasteiger partial charge on any atom is -0.490 e. The number of hydrogen-bond donors (Lipinski definition) is 4. The van der Waals surface area contributed by atoms with Gasteiger partial charge in [0.1, 0.15) is 30.5 Å². The number of methoxy groups -OCH3 is 2. The number of nitrogens with zero attached hydrogens (tertiary/aromatic N) is 3. The minimum absolute atomic E-state index is 0.0935. The molecule has 46 heavy (non-hydrogen) atoms. The van der Waals surface area contributed by atoms with E-state index in [0.717, 1.165) is 0 Å².